The van der Waals surface area contributed by atoms with Crippen LogP contribution < -0.4 is 0 Å². The molecule has 16 heavy (non-hydrogen) atoms. The van der Waals surface area contributed by atoms with Gasteiger partial charge in [-0.1, -0.05) is 30.3 Å². The predicted molar refractivity (Wildman–Crippen MR) is 58.2 cm³/mol. The smallest absolute Gasteiger partial charge is 0.404 e. The first kappa shape index (κ1) is 12.5. The van der Waals surface area contributed by atoms with Gasteiger partial charge in [-0.05, 0) is 6.92 Å². The fourth-order valence-electron chi connectivity index (χ4n) is 1.19. The Balaban J connectivity index is 2.87. The molecular weight excluding hydrogens is 232 g/mol. The van der Waals surface area contributed by atoms with Gasteiger partial charge in [0.2, 0.25) is 6.10 Å². The van der Waals surface area contributed by atoms with Crippen LogP contribution in [0.25, 0.3) is 0 Å². The van der Waals surface area contributed by atoms with E-state index in [0.29, 0.717) is 5.56 Å². The lowest BCUT2D eigenvalue weighted by molar-refractivity contribution is -0.153. The molecule has 0 aliphatic carbocycles. The van der Waals surface area contributed by atoms with E-state index in [9.17, 15) is 9.59 Å². The second kappa shape index (κ2) is 6.12. The lowest BCUT2D eigenvalue weighted by Gasteiger charge is -2.14. The van der Waals surface area contributed by atoms with Gasteiger partial charge < -0.3 is 9.47 Å². The molecule has 0 amide bonds. The SMILES string of the molecule is CCOC(=O)[C@H](OC(=O)Cl)c1ccccc1. The molecule has 1 atom stereocenters. The summed E-state index contributed by atoms with van der Waals surface area (Å²) in [6, 6.07) is 8.55. The average Bonchev–Trinajstić information content (AvgIpc) is 2.27. The first-order valence-corrected chi connectivity index (χ1v) is 5.10. The molecule has 0 N–H and O–H groups in total. The molecule has 0 saturated heterocycles. The van der Waals surface area contributed by atoms with Gasteiger partial charge in [-0.3, -0.25) is 0 Å². The Labute approximate surface area is 98.1 Å². The van der Waals surface area contributed by atoms with E-state index in [4.69, 9.17) is 21.1 Å². The first-order valence-electron chi connectivity index (χ1n) is 4.72. The van der Waals surface area contributed by atoms with E-state index in [1.165, 1.54) is 0 Å². The highest BCUT2D eigenvalue weighted by molar-refractivity contribution is 6.61. The van der Waals surface area contributed by atoms with E-state index in [0.717, 1.165) is 0 Å². The molecule has 1 rings (SSSR count). The van der Waals surface area contributed by atoms with E-state index < -0.39 is 17.5 Å². The molecule has 0 aromatic heterocycles. The molecule has 0 heterocycles. The van der Waals surface area contributed by atoms with Crippen LogP contribution >= 0.6 is 11.6 Å². The average molecular weight is 243 g/mol. The van der Waals surface area contributed by atoms with E-state index in [1.807, 2.05) is 0 Å². The van der Waals surface area contributed by atoms with Gasteiger partial charge in [-0.25, -0.2) is 9.59 Å². The lowest BCUT2D eigenvalue weighted by Crippen LogP contribution is -2.19. The van der Waals surface area contributed by atoms with Crippen molar-refractivity contribution < 1.29 is 19.1 Å². The van der Waals surface area contributed by atoms with Crippen LogP contribution in [0, 0.1) is 0 Å². The van der Waals surface area contributed by atoms with Gasteiger partial charge in [0.15, 0.2) is 0 Å². The van der Waals surface area contributed by atoms with Crippen molar-refractivity contribution in [3.63, 3.8) is 0 Å². The molecule has 1 aromatic carbocycles. The molecule has 0 aliphatic heterocycles. The number of benzene rings is 1. The van der Waals surface area contributed by atoms with Crippen LogP contribution in [-0.4, -0.2) is 18.0 Å². The van der Waals surface area contributed by atoms with Crippen molar-refractivity contribution in [1.29, 1.82) is 0 Å². The summed E-state index contributed by atoms with van der Waals surface area (Å²) >= 11 is 5.10. The second-order valence-electron chi connectivity index (χ2n) is 2.90. The molecule has 5 heteroatoms. The predicted octanol–water partition coefficient (Wildman–Crippen LogP) is 2.67. The van der Waals surface area contributed by atoms with Crippen molar-refractivity contribution >= 4 is 23.0 Å². The number of carbonyl (C=O) groups excluding carboxylic acids is 2. The molecule has 0 saturated carbocycles. The highest BCUT2D eigenvalue weighted by atomic mass is 35.5. The Bertz CT molecular complexity index is 364. The molecule has 0 fully saturated rings. The van der Waals surface area contributed by atoms with Crippen molar-refractivity contribution in [1.82, 2.24) is 0 Å². The summed E-state index contributed by atoms with van der Waals surface area (Å²) in [5.41, 5.74) is -0.517. The summed E-state index contributed by atoms with van der Waals surface area (Å²) in [4.78, 5) is 22.2. The van der Waals surface area contributed by atoms with Crippen molar-refractivity contribution in [3.05, 3.63) is 35.9 Å². The fraction of sp³-hybridized carbons (Fsp3) is 0.273. The number of hydrogen-bond donors (Lipinski definition) is 0. The highest BCUT2D eigenvalue weighted by Crippen LogP contribution is 2.20. The largest absolute Gasteiger partial charge is 0.463 e. The normalized spacial score (nSPS) is 11.6. The maximum atomic E-state index is 11.5. The van der Waals surface area contributed by atoms with Gasteiger partial charge in [-0.2, -0.15) is 0 Å². The molecular formula is C11H11ClO4. The van der Waals surface area contributed by atoms with Crippen molar-refractivity contribution in [2.75, 3.05) is 6.61 Å². The van der Waals surface area contributed by atoms with Gasteiger partial charge >= 0.3 is 11.4 Å². The third-order valence-electron chi connectivity index (χ3n) is 1.81. The number of rotatable bonds is 4. The van der Waals surface area contributed by atoms with E-state index >= 15 is 0 Å². The lowest BCUT2D eigenvalue weighted by atomic mass is 10.1. The Kier molecular flexibility index (Phi) is 4.79. The Morgan fingerprint density at radius 1 is 1.31 bits per heavy atom. The minimum atomic E-state index is -1.11. The second-order valence-corrected chi connectivity index (χ2v) is 3.21. The van der Waals surface area contributed by atoms with E-state index in [2.05, 4.69) is 0 Å². The molecule has 1 aromatic rings. The zero-order chi connectivity index (χ0) is 12.0. The minimum absolute atomic E-state index is 0.210. The maximum absolute atomic E-state index is 11.5. The Morgan fingerprint density at radius 3 is 2.44 bits per heavy atom. The third-order valence-corrected chi connectivity index (χ3v) is 1.90. The highest BCUT2D eigenvalue weighted by Gasteiger charge is 2.25. The van der Waals surface area contributed by atoms with Gasteiger partial charge in [-0.15, -0.1) is 0 Å². The summed E-state index contributed by atoms with van der Waals surface area (Å²) in [6.07, 6.45) is -1.11. The Hall–Kier alpha value is -1.55. The number of halogens is 1. The molecule has 0 radical (unpaired) electrons. The zero-order valence-corrected chi connectivity index (χ0v) is 9.44. The van der Waals surface area contributed by atoms with Crippen molar-refractivity contribution in [2.45, 2.75) is 13.0 Å². The van der Waals surface area contributed by atoms with Crippen LogP contribution in [0.2, 0.25) is 0 Å². The first-order chi connectivity index (χ1) is 7.65. The van der Waals surface area contributed by atoms with Gasteiger partial charge in [0.05, 0.1) is 6.61 Å². The van der Waals surface area contributed by atoms with E-state index in [-0.39, 0.29) is 6.61 Å². The van der Waals surface area contributed by atoms with Gasteiger partial charge in [0, 0.05) is 17.2 Å². The van der Waals surface area contributed by atoms with Crippen LogP contribution in [0.5, 0.6) is 0 Å². The topological polar surface area (TPSA) is 52.6 Å². The molecule has 4 nitrogen and oxygen atoms in total. The molecule has 86 valence electrons. The number of ether oxygens (including phenoxy) is 2. The summed E-state index contributed by atoms with van der Waals surface area (Å²) in [5, 5.41) is 0. The molecule has 0 spiro atoms. The fourth-order valence-corrected chi connectivity index (χ4v) is 1.28. The van der Waals surface area contributed by atoms with Crippen LogP contribution in [0.3, 0.4) is 0 Å². The summed E-state index contributed by atoms with van der Waals surface area (Å²) in [6.45, 7) is 1.88. The van der Waals surface area contributed by atoms with Crippen molar-refractivity contribution in [2.24, 2.45) is 0 Å². The van der Waals surface area contributed by atoms with Crippen LogP contribution in [0.1, 0.15) is 18.6 Å². The summed E-state index contributed by atoms with van der Waals surface area (Å²) < 4.78 is 9.49. The monoisotopic (exact) mass is 242 g/mol. The molecule has 0 aliphatic rings. The maximum Gasteiger partial charge on any atom is 0.404 e. The number of esters is 1. The van der Waals surface area contributed by atoms with Crippen LogP contribution in [0.4, 0.5) is 4.79 Å². The summed E-state index contributed by atoms with van der Waals surface area (Å²) in [5.74, 6) is -0.636. The molecule has 0 bridgehead atoms. The van der Waals surface area contributed by atoms with Gasteiger partial charge in [0.25, 0.3) is 0 Å². The van der Waals surface area contributed by atoms with Gasteiger partial charge in [0.1, 0.15) is 0 Å². The zero-order valence-electron chi connectivity index (χ0n) is 8.68. The number of carbonyl (C=O) groups is 2. The minimum Gasteiger partial charge on any atom is -0.463 e. The number of hydrogen-bond acceptors (Lipinski definition) is 4. The summed E-state index contributed by atoms with van der Waals surface area (Å²) in [7, 11) is 0. The Morgan fingerprint density at radius 2 is 1.94 bits per heavy atom. The van der Waals surface area contributed by atoms with E-state index in [1.54, 1.807) is 37.3 Å². The van der Waals surface area contributed by atoms with Crippen LogP contribution in [-0.2, 0) is 14.3 Å². The third kappa shape index (κ3) is 3.55. The molecule has 0 unspecified atom stereocenters. The van der Waals surface area contributed by atoms with Crippen LogP contribution in [0.15, 0.2) is 30.3 Å². The van der Waals surface area contributed by atoms with Crippen molar-refractivity contribution in [3.8, 4) is 0 Å². The quantitative estimate of drug-likeness (QED) is 0.602. The standard InChI is InChI=1S/C11H11ClO4/c1-2-15-10(13)9(16-11(12)14)8-6-4-3-5-7-8/h3-7,9H,2H2,1H3/t9-/m1/s1.